The third-order valence-corrected chi connectivity index (χ3v) is 4.50. The summed E-state index contributed by atoms with van der Waals surface area (Å²) in [5.41, 5.74) is 1.76. The van der Waals surface area contributed by atoms with Crippen molar-refractivity contribution in [3.8, 4) is 17.2 Å². The van der Waals surface area contributed by atoms with Gasteiger partial charge < -0.3 is 24.3 Å². The van der Waals surface area contributed by atoms with E-state index in [1.807, 2.05) is 19.9 Å². The summed E-state index contributed by atoms with van der Waals surface area (Å²) in [7, 11) is 1.52. The lowest BCUT2D eigenvalue weighted by molar-refractivity contribution is -0.123. The van der Waals surface area contributed by atoms with Crippen LogP contribution in [-0.2, 0) is 9.53 Å². The van der Waals surface area contributed by atoms with Gasteiger partial charge in [0.25, 0.3) is 5.91 Å². The highest BCUT2D eigenvalue weighted by Crippen LogP contribution is 2.29. The molecule has 168 valence electrons. The van der Waals surface area contributed by atoms with Crippen molar-refractivity contribution in [3.63, 3.8) is 0 Å². The number of benzene rings is 2. The van der Waals surface area contributed by atoms with Crippen LogP contribution in [0.4, 0.5) is 5.69 Å². The first-order chi connectivity index (χ1) is 14.9. The Morgan fingerprint density at radius 2 is 1.74 bits per heavy atom. The summed E-state index contributed by atoms with van der Waals surface area (Å²) in [5, 5.41) is 2.74. The van der Waals surface area contributed by atoms with Crippen LogP contribution in [0.5, 0.6) is 17.2 Å². The molecular weight excluding hydrogens is 398 g/mol. The molecule has 7 heteroatoms. The Hall–Kier alpha value is -3.22. The monoisotopic (exact) mass is 429 g/mol. The number of rotatable bonds is 11. The van der Waals surface area contributed by atoms with Crippen LogP contribution in [0.15, 0.2) is 36.4 Å². The molecule has 1 amide bonds. The normalized spacial score (nSPS) is 11.4. The molecule has 0 aliphatic heterocycles. The lowest BCUT2D eigenvalue weighted by Crippen LogP contribution is -2.30. The van der Waals surface area contributed by atoms with Gasteiger partial charge in [-0.05, 0) is 63.1 Å². The molecule has 0 saturated heterocycles. The van der Waals surface area contributed by atoms with Crippen LogP contribution in [0.1, 0.15) is 49.5 Å². The van der Waals surface area contributed by atoms with E-state index in [1.165, 1.54) is 14.0 Å². The van der Waals surface area contributed by atoms with Crippen molar-refractivity contribution < 1.29 is 28.5 Å². The summed E-state index contributed by atoms with van der Waals surface area (Å²) in [6.07, 6.45) is 0.935. The van der Waals surface area contributed by atoms with Crippen molar-refractivity contribution in [2.45, 2.75) is 46.6 Å². The van der Waals surface area contributed by atoms with Gasteiger partial charge in [0.2, 0.25) is 0 Å². The molecule has 0 spiro atoms. The molecule has 7 nitrogen and oxygen atoms in total. The number of unbranched alkanes of at least 4 members (excludes halogenated alkanes) is 1. The summed E-state index contributed by atoms with van der Waals surface area (Å²) < 4.78 is 22.0. The van der Waals surface area contributed by atoms with Gasteiger partial charge in [-0.2, -0.15) is 0 Å². The number of aryl methyl sites for hydroxylation is 1. The zero-order chi connectivity index (χ0) is 22.8. The van der Waals surface area contributed by atoms with Crippen molar-refractivity contribution in [1.82, 2.24) is 0 Å². The van der Waals surface area contributed by atoms with Gasteiger partial charge in [-0.3, -0.25) is 4.79 Å². The molecule has 0 aliphatic rings. The minimum atomic E-state index is -1.01. The van der Waals surface area contributed by atoms with E-state index in [1.54, 1.807) is 30.3 Å². The van der Waals surface area contributed by atoms with Crippen LogP contribution in [0, 0.1) is 6.92 Å². The molecule has 31 heavy (non-hydrogen) atoms. The molecule has 2 rings (SSSR count). The van der Waals surface area contributed by atoms with Crippen molar-refractivity contribution in [2.75, 3.05) is 25.6 Å². The molecule has 2 aromatic carbocycles. The van der Waals surface area contributed by atoms with Crippen molar-refractivity contribution in [3.05, 3.63) is 47.5 Å². The lowest BCUT2D eigenvalue weighted by atomic mass is 10.2. The number of hydrogen-bond donors (Lipinski definition) is 1. The van der Waals surface area contributed by atoms with E-state index in [4.69, 9.17) is 18.9 Å². The molecule has 0 bridgehead atoms. The van der Waals surface area contributed by atoms with Gasteiger partial charge in [-0.15, -0.1) is 0 Å². The Bertz CT molecular complexity index is 896. The average Bonchev–Trinajstić information content (AvgIpc) is 2.75. The Morgan fingerprint density at radius 3 is 2.42 bits per heavy atom. The quantitative estimate of drug-likeness (QED) is 0.409. The summed E-state index contributed by atoms with van der Waals surface area (Å²) in [5.74, 6) is 0.484. The predicted molar refractivity (Wildman–Crippen MR) is 119 cm³/mol. The van der Waals surface area contributed by atoms with Gasteiger partial charge in [-0.25, -0.2) is 4.79 Å². The topological polar surface area (TPSA) is 83.1 Å². The van der Waals surface area contributed by atoms with Gasteiger partial charge in [0.05, 0.1) is 31.6 Å². The number of anilines is 1. The second kappa shape index (κ2) is 11.8. The highest BCUT2D eigenvalue weighted by Gasteiger charge is 2.21. The van der Waals surface area contributed by atoms with E-state index >= 15 is 0 Å². The number of ether oxygens (including phenoxy) is 4. The Morgan fingerprint density at radius 1 is 1.00 bits per heavy atom. The maximum absolute atomic E-state index is 12.6. The van der Waals surface area contributed by atoms with E-state index in [-0.39, 0.29) is 5.56 Å². The summed E-state index contributed by atoms with van der Waals surface area (Å²) in [4.78, 5) is 25.1. The van der Waals surface area contributed by atoms with Gasteiger partial charge in [-0.1, -0.05) is 19.4 Å². The Kier molecular flexibility index (Phi) is 9.18. The fraction of sp³-hybridized carbons (Fsp3) is 0.417. The molecule has 0 aromatic heterocycles. The Labute approximate surface area is 183 Å². The third kappa shape index (κ3) is 6.91. The molecule has 0 saturated carbocycles. The molecule has 0 radical (unpaired) electrons. The first kappa shape index (κ1) is 24.1. The number of nitrogens with one attached hydrogen (secondary N) is 1. The summed E-state index contributed by atoms with van der Waals surface area (Å²) in [6, 6.07) is 10.3. The van der Waals surface area contributed by atoms with Crippen molar-refractivity contribution >= 4 is 17.6 Å². The largest absolute Gasteiger partial charge is 0.495 e. The van der Waals surface area contributed by atoms with E-state index in [9.17, 15) is 9.59 Å². The maximum atomic E-state index is 12.6. The molecule has 0 aliphatic carbocycles. The van der Waals surface area contributed by atoms with Crippen molar-refractivity contribution in [2.24, 2.45) is 0 Å². The predicted octanol–water partition coefficient (Wildman–Crippen LogP) is 4.77. The van der Waals surface area contributed by atoms with E-state index in [0.29, 0.717) is 36.1 Å². The number of amides is 1. The summed E-state index contributed by atoms with van der Waals surface area (Å²) in [6.45, 7) is 8.36. The smallest absolute Gasteiger partial charge is 0.339 e. The number of hydrogen-bond acceptors (Lipinski definition) is 6. The number of methoxy groups -OCH3 is 1. The molecule has 1 unspecified atom stereocenters. The zero-order valence-electron chi connectivity index (χ0n) is 18.8. The maximum Gasteiger partial charge on any atom is 0.339 e. The number of esters is 1. The molecule has 1 atom stereocenters. The van der Waals surface area contributed by atoms with Gasteiger partial charge in [0.15, 0.2) is 17.6 Å². The minimum absolute atomic E-state index is 0.277. The third-order valence-electron chi connectivity index (χ3n) is 4.50. The van der Waals surface area contributed by atoms with Gasteiger partial charge >= 0.3 is 5.97 Å². The molecular formula is C24H31NO6. The number of carbonyl (C=O) groups excluding carboxylic acids is 2. The standard InChI is InChI=1S/C24H31NO6/c1-6-8-13-30-21-12-10-18(15-22(21)29-7-2)24(27)31-17(4)23(26)25-19-14-16(3)9-11-20(19)28-5/h9-12,14-15,17H,6-8,13H2,1-5H3,(H,25,26). The fourth-order valence-corrected chi connectivity index (χ4v) is 2.79. The number of carbonyl (C=O) groups is 2. The van der Waals surface area contributed by atoms with Crippen LogP contribution in [0.2, 0.25) is 0 Å². The second-order valence-corrected chi connectivity index (χ2v) is 7.04. The van der Waals surface area contributed by atoms with Crippen LogP contribution in [-0.4, -0.2) is 38.3 Å². The lowest BCUT2D eigenvalue weighted by Gasteiger charge is -2.16. The molecule has 0 heterocycles. The molecule has 2 aromatic rings. The van der Waals surface area contributed by atoms with E-state index < -0.39 is 18.0 Å². The van der Waals surface area contributed by atoms with Crippen LogP contribution < -0.4 is 19.5 Å². The first-order valence-corrected chi connectivity index (χ1v) is 10.5. The van der Waals surface area contributed by atoms with Crippen molar-refractivity contribution in [1.29, 1.82) is 0 Å². The Balaban J connectivity index is 2.07. The second-order valence-electron chi connectivity index (χ2n) is 7.04. The molecule has 0 fully saturated rings. The SMILES string of the molecule is CCCCOc1ccc(C(=O)OC(C)C(=O)Nc2cc(C)ccc2OC)cc1OCC. The highest BCUT2D eigenvalue weighted by atomic mass is 16.5. The zero-order valence-corrected chi connectivity index (χ0v) is 18.8. The summed E-state index contributed by atoms with van der Waals surface area (Å²) >= 11 is 0. The highest BCUT2D eigenvalue weighted by molar-refractivity contribution is 5.98. The first-order valence-electron chi connectivity index (χ1n) is 10.5. The van der Waals surface area contributed by atoms with E-state index in [2.05, 4.69) is 12.2 Å². The average molecular weight is 430 g/mol. The van der Waals surface area contributed by atoms with Crippen LogP contribution in [0.3, 0.4) is 0 Å². The van der Waals surface area contributed by atoms with Crippen LogP contribution in [0.25, 0.3) is 0 Å². The van der Waals surface area contributed by atoms with Crippen LogP contribution >= 0.6 is 0 Å². The molecule has 1 N–H and O–H groups in total. The van der Waals surface area contributed by atoms with Gasteiger partial charge in [0.1, 0.15) is 5.75 Å². The van der Waals surface area contributed by atoms with E-state index in [0.717, 1.165) is 18.4 Å². The fourth-order valence-electron chi connectivity index (χ4n) is 2.79. The minimum Gasteiger partial charge on any atom is -0.495 e. The van der Waals surface area contributed by atoms with Gasteiger partial charge in [0, 0.05) is 0 Å².